The molecule has 3 rings (SSSR count). The summed E-state index contributed by atoms with van der Waals surface area (Å²) < 4.78 is 0. The van der Waals surface area contributed by atoms with Crippen molar-refractivity contribution in [1.82, 2.24) is 4.98 Å². The van der Waals surface area contributed by atoms with Crippen LogP contribution in [-0.2, 0) is 6.42 Å². The van der Waals surface area contributed by atoms with Crippen LogP contribution in [0.5, 0.6) is 0 Å². The van der Waals surface area contributed by atoms with E-state index in [0.717, 1.165) is 28.5 Å². The Hall–Kier alpha value is -2.00. The molecule has 106 valence electrons. The maximum atomic E-state index is 12.7. The number of aromatic amines is 1. The number of hydrogen-bond acceptors (Lipinski definition) is 2. The summed E-state index contributed by atoms with van der Waals surface area (Å²) in [5.74, 6) is 0.0714. The van der Waals surface area contributed by atoms with E-state index in [-0.39, 0.29) is 5.78 Å². The summed E-state index contributed by atoms with van der Waals surface area (Å²) in [4.78, 5) is 17.1. The van der Waals surface area contributed by atoms with E-state index in [9.17, 15) is 4.79 Å². The quantitative estimate of drug-likeness (QED) is 0.560. The number of aryl methyl sites for hydroxylation is 1. The van der Waals surface area contributed by atoms with Gasteiger partial charge in [0.1, 0.15) is 0 Å². The van der Waals surface area contributed by atoms with E-state index in [4.69, 9.17) is 0 Å². The minimum absolute atomic E-state index is 0.0714. The Morgan fingerprint density at radius 3 is 2.57 bits per heavy atom. The number of hydrogen-bond donors (Lipinski definition) is 1. The highest BCUT2D eigenvalue weighted by molar-refractivity contribution is 7.98. The van der Waals surface area contributed by atoms with Gasteiger partial charge in [-0.25, -0.2) is 0 Å². The summed E-state index contributed by atoms with van der Waals surface area (Å²) >= 11 is 1.68. The smallest absolute Gasteiger partial charge is 0.195 e. The molecule has 0 saturated carbocycles. The topological polar surface area (TPSA) is 32.9 Å². The van der Waals surface area contributed by atoms with Crippen molar-refractivity contribution in [2.24, 2.45) is 0 Å². The molecule has 2 aromatic carbocycles. The van der Waals surface area contributed by atoms with E-state index < -0.39 is 0 Å². The van der Waals surface area contributed by atoms with Gasteiger partial charge < -0.3 is 4.98 Å². The van der Waals surface area contributed by atoms with Crippen molar-refractivity contribution in [3.63, 3.8) is 0 Å². The molecule has 21 heavy (non-hydrogen) atoms. The van der Waals surface area contributed by atoms with Gasteiger partial charge >= 0.3 is 0 Å². The highest BCUT2D eigenvalue weighted by Gasteiger charge is 2.15. The van der Waals surface area contributed by atoms with Crippen LogP contribution in [0.3, 0.4) is 0 Å². The number of benzene rings is 2. The summed E-state index contributed by atoms with van der Waals surface area (Å²) in [6, 6.07) is 13.9. The van der Waals surface area contributed by atoms with Crippen LogP contribution in [0.15, 0.2) is 53.6 Å². The molecule has 0 unspecified atom stereocenters. The Morgan fingerprint density at radius 2 is 1.90 bits per heavy atom. The molecule has 0 aliphatic heterocycles. The third-order valence-corrected chi connectivity index (χ3v) is 4.52. The number of ketones is 1. The number of fused-ring (bicyclic) bond motifs is 1. The van der Waals surface area contributed by atoms with Crippen molar-refractivity contribution in [3.8, 4) is 0 Å². The average molecular weight is 295 g/mol. The highest BCUT2D eigenvalue weighted by atomic mass is 32.2. The second-order valence-corrected chi connectivity index (χ2v) is 5.83. The van der Waals surface area contributed by atoms with Gasteiger partial charge in [0.15, 0.2) is 5.78 Å². The van der Waals surface area contributed by atoms with E-state index in [0.29, 0.717) is 0 Å². The maximum Gasteiger partial charge on any atom is 0.195 e. The zero-order valence-electron chi connectivity index (χ0n) is 12.1. The number of carbonyl (C=O) groups excluding carboxylic acids is 1. The van der Waals surface area contributed by atoms with Crippen molar-refractivity contribution in [2.45, 2.75) is 18.2 Å². The Kier molecular flexibility index (Phi) is 3.84. The SMILES string of the molecule is CCc1cccc2c(C(=O)c3ccc(SC)cc3)c[nH]c12. The molecule has 0 atom stereocenters. The first-order chi connectivity index (χ1) is 10.2. The lowest BCUT2D eigenvalue weighted by Gasteiger charge is -2.03. The summed E-state index contributed by atoms with van der Waals surface area (Å²) in [5.41, 5.74) is 3.79. The minimum atomic E-state index is 0.0714. The fourth-order valence-corrected chi connectivity index (χ4v) is 3.01. The fraction of sp³-hybridized carbons (Fsp3) is 0.167. The number of para-hydroxylation sites is 1. The molecule has 0 fully saturated rings. The Morgan fingerprint density at radius 1 is 1.14 bits per heavy atom. The molecule has 0 saturated heterocycles. The standard InChI is InChI=1S/C18H17NOS/c1-3-12-5-4-6-15-16(11-19-17(12)15)18(20)13-7-9-14(21-2)10-8-13/h4-11,19H,3H2,1-2H3. The van der Waals surface area contributed by atoms with Gasteiger partial charge in [0.05, 0.1) is 0 Å². The maximum absolute atomic E-state index is 12.7. The molecule has 3 aromatic rings. The van der Waals surface area contributed by atoms with Gasteiger partial charge in [0.25, 0.3) is 0 Å². The van der Waals surface area contributed by atoms with E-state index in [1.807, 2.05) is 48.9 Å². The monoisotopic (exact) mass is 295 g/mol. The van der Waals surface area contributed by atoms with Crippen molar-refractivity contribution in [1.29, 1.82) is 0 Å². The van der Waals surface area contributed by atoms with E-state index in [1.54, 1.807) is 11.8 Å². The van der Waals surface area contributed by atoms with E-state index in [1.165, 1.54) is 10.5 Å². The highest BCUT2D eigenvalue weighted by Crippen LogP contribution is 2.25. The number of carbonyl (C=O) groups is 1. The Bertz CT molecular complexity index is 787. The minimum Gasteiger partial charge on any atom is -0.360 e. The number of H-pyrrole nitrogens is 1. The second kappa shape index (κ2) is 5.78. The molecule has 2 nitrogen and oxygen atoms in total. The van der Waals surface area contributed by atoms with Crippen LogP contribution in [0.25, 0.3) is 10.9 Å². The molecule has 1 heterocycles. The molecule has 0 amide bonds. The van der Waals surface area contributed by atoms with Crippen molar-refractivity contribution in [3.05, 3.63) is 65.4 Å². The number of thioether (sulfide) groups is 1. The zero-order chi connectivity index (χ0) is 14.8. The normalized spacial score (nSPS) is 11.0. The predicted octanol–water partition coefficient (Wildman–Crippen LogP) is 4.68. The van der Waals surface area contributed by atoms with Crippen LogP contribution < -0.4 is 0 Å². The first-order valence-electron chi connectivity index (χ1n) is 7.02. The van der Waals surface area contributed by atoms with Gasteiger partial charge in [-0.2, -0.15) is 0 Å². The van der Waals surface area contributed by atoms with E-state index in [2.05, 4.69) is 18.0 Å². The second-order valence-electron chi connectivity index (χ2n) is 4.95. The van der Waals surface area contributed by atoms with Gasteiger partial charge in [-0.1, -0.05) is 25.1 Å². The molecule has 0 aliphatic carbocycles. The van der Waals surface area contributed by atoms with Gasteiger partial charge in [0.2, 0.25) is 0 Å². The van der Waals surface area contributed by atoms with Crippen molar-refractivity contribution < 1.29 is 4.79 Å². The molecule has 1 aromatic heterocycles. The van der Waals surface area contributed by atoms with Gasteiger partial charge in [-0.15, -0.1) is 11.8 Å². The van der Waals surface area contributed by atoms with Crippen molar-refractivity contribution in [2.75, 3.05) is 6.26 Å². The summed E-state index contributed by atoms with van der Waals surface area (Å²) in [5, 5.41) is 1.01. The average Bonchev–Trinajstić information content (AvgIpc) is 2.98. The van der Waals surface area contributed by atoms with Crippen LogP contribution in [0.2, 0.25) is 0 Å². The van der Waals surface area contributed by atoms with Gasteiger partial charge in [-0.05, 0) is 42.5 Å². The summed E-state index contributed by atoms with van der Waals surface area (Å²) in [6.07, 6.45) is 4.81. The number of nitrogens with one attached hydrogen (secondary N) is 1. The molecule has 1 N–H and O–H groups in total. The zero-order valence-corrected chi connectivity index (χ0v) is 13.0. The van der Waals surface area contributed by atoms with Crippen LogP contribution >= 0.6 is 11.8 Å². The molecule has 0 spiro atoms. The molecule has 0 aliphatic rings. The molecule has 0 bridgehead atoms. The fourth-order valence-electron chi connectivity index (χ4n) is 2.60. The lowest BCUT2D eigenvalue weighted by Crippen LogP contribution is -2.00. The van der Waals surface area contributed by atoms with Crippen LogP contribution in [-0.4, -0.2) is 17.0 Å². The Labute approximate surface area is 128 Å². The molecular formula is C18H17NOS. The largest absolute Gasteiger partial charge is 0.360 e. The predicted molar refractivity (Wildman–Crippen MR) is 89.3 cm³/mol. The summed E-state index contributed by atoms with van der Waals surface area (Å²) in [7, 11) is 0. The Balaban J connectivity index is 2.05. The van der Waals surface area contributed by atoms with Gasteiger partial charge in [0, 0.05) is 33.1 Å². The van der Waals surface area contributed by atoms with Crippen LogP contribution in [0.1, 0.15) is 28.4 Å². The molecular weight excluding hydrogens is 278 g/mol. The first-order valence-corrected chi connectivity index (χ1v) is 8.24. The lowest BCUT2D eigenvalue weighted by atomic mass is 10.0. The number of aromatic nitrogens is 1. The van der Waals surface area contributed by atoms with Crippen LogP contribution in [0, 0.1) is 0 Å². The first kappa shape index (κ1) is 14.0. The number of rotatable bonds is 4. The van der Waals surface area contributed by atoms with Gasteiger partial charge in [-0.3, -0.25) is 4.79 Å². The molecule has 0 radical (unpaired) electrons. The lowest BCUT2D eigenvalue weighted by molar-refractivity contribution is 0.104. The summed E-state index contributed by atoms with van der Waals surface area (Å²) in [6.45, 7) is 2.12. The van der Waals surface area contributed by atoms with E-state index >= 15 is 0 Å². The molecule has 3 heteroatoms. The van der Waals surface area contributed by atoms with Crippen molar-refractivity contribution >= 4 is 28.4 Å². The van der Waals surface area contributed by atoms with Crippen LogP contribution in [0.4, 0.5) is 0 Å². The third kappa shape index (κ3) is 2.49. The third-order valence-electron chi connectivity index (χ3n) is 3.78.